The van der Waals surface area contributed by atoms with Gasteiger partial charge in [-0.3, -0.25) is 4.79 Å². The van der Waals surface area contributed by atoms with Crippen LogP contribution in [0.1, 0.15) is 35.2 Å². The van der Waals surface area contributed by atoms with Gasteiger partial charge >= 0.3 is 0 Å². The van der Waals surface area contributed by atoms with Crippen molar-refractivity contribution in [3.63, 3.8) is 0 Å². The van der Waals surface area contributed by atoms with E-state index in [0.29, 0.717) is 11.3 Å². The van der Waals surface area contributed by atoms with E-state index >= 15 is 0 Å². The van der Waals surface area contributed by atoms with E-state index in [0.717, 1.165) is 24.9 Å². The molecule has 1 amide bonds. The van der Waals surface area contributed by atoms with Crippen LogP contribution in [0.5, 0.6) is 0 Å². The molecule has 0 bridgehead atoms. The molecule has 1 fully saturated rings. The number of carbonyl (C=O) groups excluding carboxylic acids is 1. The Morgan fingerprint density at radius 1 is 1.29 bits per heavy atom. The van der Waals surface area contributed by atoms with Gasteiger partial charge in [-0.25, -0.2) is 0 Å². The third-order valence-corrected chi connectivity index (χ3v) is 5.33. The SMILES string of the molecule is CS[C@H]1CC[C@H](N(C)C(=O)c2cccc(CN(C)C)c2)C1. The van der Waals surface area contributed by atoms with Gasteiger partial charge in [0.15, 0.2) is 0 Å². The number of benzene rings is 1. The maximum atomic E-state index is 12.7. The highest BCUT2D eigenvalue weighted by atomic mass is 32.2. The van der Waals surface area contributed by atoms with E-state index in [1.165, 1.54) is 12.0 Å². The fraction of sp³-hybridized carbons (Fsp3) is 0.588. The first-order valence-electron chi connectivity index (χ1n) is 7.55. The van der Waals surface area contributed by atoms with Crippen molar-refractivity contribution in [2.45, 2.75) is 37.1 Å². The second-order valence-electron chi connectivity index (χ2n) is 6.18. The van der Waals surface area contributed by atoms with Crippen LogP contribution in [0.3, 0.4) is 0 Å². The monoisotopic (exact) mass is 306 g/mol. The fourth-order valence-electron chi connectivity index (χ4n) is 3.02. The van der Waals surface area contributed by atoms with Crippen molar-refractivity contribution in [2.24, 2.45) is 0 Å². The van der Waals surface area contributed by atoms with Gasteiger partial charge in [-0.2, -0.15) is 11.8 Å². The number of hydrogen-bond donors (Lipinski definition) is 0. The Hall–Kier alpha value is -1.00. The topological polar surface area (TPSA) is 23.6 Å². The Morgan fingerprint density at radius 2 is 2.05 bits per heavy atom. The zero-order valence-corrected chi connectivity index (χ0v) is 14.3. The van der Waals surface area contributed by atoms with Gasteiger partial charge in [0.05, 0.1) is 0 Å². The van der Waals surface area contributed by atoms with Crippen LogP contribution in [0.2, 0.25) is 0 Å². The Balaban J connectivity index is 2.05. The molecule has 0 spiro atoms. The Kier molecular flexibility index (Phi) is 5.71. The van der Waals surface area contributed by atoms with Gasteiger partial charge in [-0.1, -0.05) is 12.1 Å². The molecule has 1 aliphatic rings. The third-order valence-electron chi connectivity index (χ3n) is 4.23. The van der Waals surface area contributed by atoms with Gasteiger partial charge in [0.2, 0.25) is 0 Å². The summed E-state index contributed by atoms with van der Waals surface area (Å²) in [5.74, 6) is 0.155. The van der Waals surface area contributed by atoms with E-state index < -0.39 is 0 Å². The van der Waals surface area contributed by atoms with Crippen molar-refractivity contribution in [1.29, 1.82) is 0 Å². The predicted molar refractivity (Wildman–Crippen MR) is 90.9 cm³/mol. The summed E-state index contributed by atoms with van der Waals surface area (Å²) in [4.78, 5) is 16.7. The van der Waals surface area contributed by atoms with Crippen molar-refractivity contribution in [1.82, 2.24) is 9.80 Å². The minimum absolute atomic E-state index is 0.155. The first kappa shape index (κ1) is 16.4. The summed E-state index contributed by atoms with van der Waals surface area (Å²) >= 11 is 1.93. The summed E-state index contributed by atoms with van der Waals surface area (Å²) in [5, 5.41) is 0.713. The van der Waals surface area contributed by atoms with Crippen molar-refractivity contribution in [3.05, 3.63) is 35.4 Å². The minimum Gasteiger partial charge on any atom is -0.339 e. The number of hydrogen-bond acceptors (Lipinski definition) is 3. The van der Waals surface area contributed by atoms with Gasteiger partial charge in [0.1, 0.15) is 0 Å². The van der Waals surface area contributed by atoms with Crippen molar-refractivity contribution in [2.75, 3.05) is 27.4 Å². The van der Waals surface area contributed by atoms with E-state index in [2.05, 4.69) is 17.2 Å². The average Bonchev–Trinajstić information content (AvgIpc) is 2.94. The lowest BCUT2D eigenvalue weighted by Crippen LogP contribution is -2.35. The zero-order chi connectivity index (χ0) is 15.4. The van der Waals surface area contributed by atoms with Crippen LogP contribution < -0.4 is 0 Å². The zero-order valence-electron chi connectivity index (χ0n) is 13.5. The Morgan fingerprint density at radius 3 is 2.67 bits per heavy atom. The van der Waals surface area contributed by atoms with Gasteiger partial charge in [0.25, 0.3) is 5.91 Å². The lowest BCUT2D eigenvalue weighted by molar-refractivity contribution is 0.0735. The molecule has 1 saturated carbocycles. The molecule has 0 radical (unpaired) electrons. The minimum atomic E-state index is 0.155. The molecule has 2 rings (SSSR count). The smallest absolute Gasteiger partial charge is 0.253 e. The molecule has 0 N–H and O–H groups in total. The molecule has 0 heterocycles. The molecule has 21 heavy (non-hydrogen) atoms. The number of nitrogens with zero attached hydrogens (tertiary/aromatic N) is 2. The maximum absolute atomic E-state index is 12.7. The quantitative estimate of drug-likeness (QED) is 0.835. The largest absolute Gasteiger partial charge is 0.339 e. The Bertz CT molecular complexity index is 489. The molecular weight excluding hydrogens is 280 g/mol. The summed E-state index contributed by atoms with van der Waals surface area (Å²) < 4.78 is 0. The van der Waals surface area contributed by atoms with Crippen LogP contribution in [0.4, 0.5) is 0 Å². The Labute approximate surface area is 132 Å². The average molecular weight is 306 g/mol. The number of amides is 1. The molecular formula is C17H26N2OS. The maximum Gasteiger partial charge on any atom is 0.253 e. The van der Waals surface area contributed by atoms with E-state index in [4.69, 9.17) is 0 Å². The molecule has 116 valence electrons. The summed E-state index contributed by atoms with van der Waals surface area (Å²) in [6.07, 6.45) is 5.65. The highest BCUT2D eigenvalue weighted by molar-refractivity contribution is 7.99. The highest BCUT2D eigenvalue weighted by Crippen LogP contribution is 2.31. The summed E-state index contributed by atoms with van der Waals surface area (Å²) in [6.45, 7) is 0.864. The molecule has 4 heteroatoms. The van der Waals surface area contributed by atoms with E-state index in [-0.39, 0.29) is 5.91 Å². The van der Waals surface area contributed by atoms with Crippen LogP contribution in [-0.2, 0) is 6.54 Å². The molecule has 0 aromatic heterocycles. The first-order chi connectivity index (χ1) is 10.0. The van der Waals surface area contributed by atoms with Crippen LogP contribution in [0.15, 0.2) is 24.3 Å². The van der Waals surface area contributed by atoms with Crippen LogP contribution in [0, 0.1) is 0 Å². The van der Waals surface area contributed by atoms with Gasteiger partial charge < -0.3 is 9.80 Å². The summed E-state index contributed by atoms with van der Waals surface area (Å²) in [7, 11) is 6.04. The molecule has 2 atom stereocenters. The second-order valence-corrected chi connectivity index (χ2v) is 7.32. The lowest BCUT2D eigenvalue weighted by Gasteiger charge is -2.25. The molecule has 0 unspecified atom stereocenters. The molecule has 0 aliphatic heterocycles. The molecule has 1 aromatic carbocycles. The molecule has 1 aliphatic carbocycles. The normalized spacial score (nSPS) is 21.8. The van der Waals surface area contributed by atoms with Gasteiger partial charge in [-0.05, 0) is 57.3 Å². The number of thioether (sulfide) groups is 1. The van der Waals surface area contributed by atoms with Crippen LogP contribution in [-0.4, -0.2) is 54.4 Å². The van der Waals surface area contributed by atoms with Crippen LogP contribution >= 0.6 is 11.8 Å². The molecule has 0 saturated heterocycles. The van der Waals surface area contributed by atoms with Crippen molar-refractivity contribution < 1.29 is 4.79 Å². The highest BCUT2D eigenvalue weighted by Gasteiger charge is 2.29. The second kappa shape index (κ2) is 7.32. The van der Waals surface area contributed by atoms with Crippen molar-refractivity contribution >= 4 is 17.7 Å². The summed E-state index contributed by atoms with van der Waals surface area (Å²) in [5.41, 5.74) is 2.00. The molecule has 3 nitrogen and oxygen atoms in total. The first-order valence-corrected chi connectivity index (χ1v) is 8.83. The van der Waals surface area contributed by atoms with E-state index in [1.54, 1.807) is 0 Å². The van der Waals surface area contributed by atoms with Crippen molar-refractivity contribution in [3.8, 4) is 0 Å². The van der Waals surface area contributed by atoms with Gasteiger partial charge in [-0.15, -0.1) is 0 Å². The fourth-order valence-corrected chi connectivity index (χ4v) is 3.81. The van der Waals surface area contributed by atoms with E-state index in [9.17, 15) is 4.79 Å². The molecule has 1 aromatic rings. The third kappa shape index (κ3) is 4.24. The van der Waals surface area contributed by atoms with Crippen LogP contribution in [0.25, 0.3) is 0 Å². The van der Waals surface area contributed by atoms with Gasteiger partial charge in [0, 0.05) is 30.4 Å². The number of carbonyl (C=O) groups is 1. The van der Waals surface area contributed by atoms with E-state index in [1.807, 2.05) is 56.0 Å². The lowest BCUT2D eigenvalue weighted by atomic mass is 10.1. The summed E-state index contributed by atoms with van der Waals surface area (Å²) in [6, 6.07) is 8.42. The number of rotatable bonds is 5. The predicted octanol–water partition coefficient (Wildman–Crippen LogP) is 3.10. The standard InChI is InChI=1S/C17H26N2OS/c1-18(2)12-13-6-5-7-14(10-13)17(20)19(3)15-8-9-16(11-15)21-4/h5-7,10,15-16H,8-9,11-12H2,1-4H3/t15-,16-/m0/s1.